The Balaban J connectivity index is 1.44. The third-order valence-corrected chi connectivity index (χ3v) is 6.68. The third kappa shape index (κ3) is 3.35. The van der Waals surface area contributed by atoms with Gasteiger partial charge in [-0.05, 0) is 42.3 Å². The Kier molecular flexibility index (Phi) is 5.08. The van der Waals surface area contributed by atoms with Gasteiger partial charge in [0.15, 0.2) is 0 Å². The second-order valence-electron chi connectivity index (χ2n) is 8.10. The highest BCUT2D eigenvalue weighted by Crippen LogP contribution is 2.34. The molecule has 3 unspecified atom stereocenters. The number of halogens is 2. The molecular formula is C22H23ClFN5O2. The Bertz CT molecular complexity index is 1020. The molecule has 2 aromatic rings. The van der Waals surface area contributed by atoms with Gasteiger partial charge in [0.25, 0.3) is 5.91 Å². The standard InChI is InChI=1S/C22H23ClFN5O2/c1-26-19-18(20(30)29(22(26)31)13-14-5-2-3-6-17(14)23)28-12-4-11-27(21(28)25-19)16-9-7-15(24)8-10-16/h2-3,5-10,18-19,21,25H,4,11-13H2,1H3. The number of anilines is 1. The highest BCUT2D eigenvalue weighted by atomic mass is 35.5. The fraction of sp³-hybridized carbons (Fsp3) is 0.364. The molecule has 1 N–H and O–H groups in total. The van der Waals surface area contributed by atoms with E-state index >= 15 is 0 Å². The topological polar surface area (TPSA) is 59.1 Å². The summed E-state index contributed by atoms with van der Waals surface area (Å²) in [5.41, 5.74) is 1.60. The lowest BCUT2D eigenvalue weighted by Gasteiger charge is -2.44. The van der Waals surface area contributed by atoms with E-state index < -0.39 is 12.2 Å². The SMILES string of the molecule is CN1C(=O)N(Cc2ccccc2Cl)C(=O)C2C1NC1N(c3ccc(F)cc3)CCCN21. The number of carbonyl (C=O) groups is 2. The maximum Gasteiger partial charge on any atom is 0.328 e. The van der Waals surface area contributed by atoms with Crippen molar-refractivity contribution in [2.45, 2.75) is 31.5 Å². The van der Waals surface area contributed by atoms with Crippen LogP contribution in [0.2, 0.25) is 5.02 Å². The first-order chi connectivity index (χ1) is 15.0. The first kappa shape index (κ1) is 20.2. The molecule has 3 atom stereocenters. The number of nitrogens with zero attached hydrogens (tertiary/aromatic N) is 4. The first-order valence-corrected chi connectivity index (χ1v) is 10.7. The van der Waals surface area contributed by atoms with Gasteiger partial charge in [0, 0.05) is 30.8 Å². The highest BCUT2D eigenvalue weighted by Gasteiger charge is 2.56. The molecule has 0 aromatic heterocycles. The Labute approximate surface area is 185 Å². The van der Waals surface area contributed by atoms with E-state index in [0.717, 1.165) is 30.8 Å². The lowest BCUT2D eigenvalue weighted by Crippen LogP contribution is -2.66. The van der Waals surface area contributed by atoms with Gasteiger partial charge in [0.05, 0.1) is 6.54 Å². The number of urea groups is 1. The summed E-state index contributed by atoms with van der Waals surface area (Å²) in [6.45, 7) is 1.63. The fourth-order valence-electron chi connectivity index (χ4n) is 4.76. The van der Waals surface area contributed by atoms with Crippen molar-refractivity contribution in [1.29, 1.82) is 0 Å². The maximum atomic E-state index is 13.5. The largest absolute Gasteiger partial charge is 0.343 e. The molecule has 3 fully saturated rings. The van der Waals surface area contributed by atoms with Crippen LogP contribution >= 0.6 is 11.6 Å². The summed E-state index contributed by atoms with van der Waals surface area (Å²) in [7, 11) is 1.71. The molecule has 3 heterocycles. The molecule has 162 valence electrons. The molecule has 3 saturated heterocycles. The zero-order valence-corrected chi connectivity index (χ0v) is 17.8. The molecule has 5 rings (SSSR count). The third-order valence-electron chi connectivity index (χ3n) is 6.31. The van der Waals surface area contributed by atoms with Crippen LogP contribution in [0.3, 0.4) is 0 Å². The van der Waals surface area contributed by atoms with Gasteiger partial charge in [-0.1, -0.05) is 29.8 Å². The lowest BCUT2D eigenvalue weighted by atomic mass is 10.1. The maximum absolute atomic E-state index is 13.5. The number of imide groups is 1. The van der Waals surface area contributed by atoms with E-state index in [-0.39, 0.29) is 30.6 Å². The van der Waals surface area contributed by atoms with Gasteiger partial charge in [-0.15, -0.1) is 0 Å². The quantitative estimate of drug-likeness (QED) is 0.790. The lowest BCUT2D eigenvalue weighted by molar-refractivity contribution is -0.139. The number of amides is 3. The predicted molar refractivity (Wildman–Crippen MR) is 115 cm³/mol. The number of fused-ring (bicyclic) bond motifs is 3. The van der Waals surface area contributed by atoms with E-state index in [4.69, 9.17) is 11.6 Å². The van der Waals surface area contributed by atoms with E-state index in [2.05, 4.69) is 15.1 Å². The minimum absolute atomic E-state index is 0.130. The van der Waals surface area contributed by atoms with Crippen LogP contribution < -0.4 is 10.2 Å². The van der Waals surface area contributed by atoms with E-state index in [1.165, 1.54) is 17.0 Å². The number of hydrogen-bond acceptors (Lipinski definition) is 5. The van der Waals surface area contributed by atoms with Gasteiger partial charge in [0.2, 0.25) is 0 Å². The molecule has 0 radical (unpaired) electrons. The van der Waals surface area contributed by atoms with Crippen LogP contribution in [0.25, 0.3) is 0 Å². The van der Waals surface area contributed by atoms with Gasteiger partial charge in [-0.25, -0.2) is 9.18 Å². The van der Waals surface area contributed by atoms with Crippen LogP contribution in [0.1, 0.15) is 12.0 Å². The molecule has 7 nitrogen and oxygen atoms in total. The van der Waals surface area contributed by atoms with Gasteiger partial charge >= 0.3 is 6.03 Å². The predicted octanol–water partition coefficient (Wildman–Crippen LogP) is 2.67. The van der Waals surface area contributed by atoms with Crippen LogP contribution in [-0.2, 0) is 11.3 Å². The molecule has 0 spiro atoms. The van der Waals surface area contributed by atoms with E-state index in [1.54, 1.807) is 30.1 Å². The summed E-state index contributed by atoms with van der Waals surface area (Å²) in [4.78, 5) is 33.7. The number of carbonyl (C=O) groups excluding carboxylic acids is 2. The number of rotatable bonds is 3. The highest BCUT2D eigenvalue weighted by molar-refractivity contribution is 6.31. The van der Waals surface area contributed by atoms with Gasteiger partial charge in [0.1, 0.15) is 24.3 Å². The van der Waals surface area contributed by atoms with Crippen molar-refractivity contribution in [1.82, 2.24) is 20.0 Å². The van der Waals surface area contributed by atoms with E-state index in [9.17, 15) is 14.0 Å². The summed E-state index contributed by atoms with van der Waals surface area (Å²) in [6.07, 6.45) is 0.163. The zero-order chi connectivity index (χ0) is 21.7. The fourth-order valence-corrected chi connectivity index (χ4v) is 4.95. The van der Waals surface area contributed by atoms with Crippen molar-refractivity contribution in [3.63, 3.8) is 0 Å². The van der Waals surface area contributed by atoms with Crippen LogP contribution in [0, 0.1) is 5.82 Å². The Hall–Kier alpha value is -2.68. The molecule has 0 aliphatic carbocycles. The minimum atomic E-state index is -0.501. The van der Waals surface area contributed by atoms with Crippen LogP contribution in [0.4, 0.5) is 14.9 Å². The molecule has 0 bridgehead atoms. The van der Waals surface area contributed by atoms with Crippen LogP contribution in [0.15, 0.2) is 48.5 Å². The summed E-state index contributed by atoms with van der Waals surface area (Å²) in [5, 5.41) is 3.98. The average Bonchev–Trinajstić information content (AvgIpc) is 3.17. The number of likely N-dealkylation sites (N-methyl/N-ethyl adjacent to an activating group) is 1. The Morgan fingerprint density at radius 2 is 1.84 bits per heavy atom. The van der Waals surface area contributed by atoms with Gasteiger partial charge in [-0.3, -0.25) is 19.9 Å². The summed E-state index contributed by atoms with van der Waals surface area (Å²) < 4.78 is 13.4. The van der Waals surface area contributed by atoms with Crippen molar-refractivity contribution in [2.75, 3.05) is 25.0 Å². The summed E-state index contributed by atoms with van der Waals surface area (Å²) in [5.74, 6) is -0.523. The smallest absolute Gasteiger partial charge is 0.328 e. The molecule has 3 amide bonds. The molecular weight excluding hydrogens is 421 g/mol. The van der Waals surface area contributed by atoms with E-state index in [0.29, 0.717) is 5.02 Å². The minimum Gasteiger partial charge on any atom is -0.343 e. The Morgan fingerprint density at radius 1 is 1.10 bits per heavy atom. The monoisotopic (exact) mass is 443 g/mol. The second-order valence-corrected chi connectivity index (χ2v) is 8.51. The second kappa shape index (κ2) is 7.78. The number of hydrogen-bond donors (Lipinski definition) is 1. The van der Waals surface area contributed by atoms with Crippen molar-refractivity contribution >= 4 is 29.2 Å². The molecule has 2 aromatic carbocycles. The number of nitrogens with one attached hydrogen (secondary N) is 1. The first-order valence-electron chi connectivity index (χ1n) is 10.3. The van der Waals surface area contributed by atoms with E-state index in [1.807, 2.05) is 18.2 Å². The van der Waals surface area contributed by atoms with Crippen molar-refractivity contribution in [3.8, 4) is 0 Å². The molecule has 3 aliphatic heterocycles. The zero-order valence-electron chi connectivity index (χ0n) is 17.0. The van der Waals surface area contributed by atoms with Crippen molar-refractivity contribution < 1.29 is 14.0 Å². The average molecular weight is 444 g/mol. The molecule has 0 saturated carbocycles. The van der Waals surface area contributed by atoms with Crippen molar-refractivity contribution in [2.24, 2.45) is 0 Å². The van der Waals surface area contributed by atoms with Gasteiger partial charge in [-0.2, -0.15) is 0 Å². The summed E-state index contributed by atoms with van der Waals surface area (Å²) >= 11 is 6.28. The molecule has 31 heavy (non-hydrogen) atoms. The Morgan fingerprint density at radius 3 is 2.58 bits per heavy atom. The van der Waals surface area contributed by atoms with Crippen LogP contribution in [0.5, 0.6) is 0 Å². The van der Waals surface area contributed by atoms with Crippen molar-refractivity contribution in [3.05, 3.63) is 64.9 Å². The number of benzene rings is 2. The molecule has 9 heteroatoms. The molecule has 3 aliphatic rings. The van der Waals surface area contributed by atoms with Gasteiger partial charge < -0.3 is 9.80 Å². The summed E-state index contributed by atoms with van der Waals surface area (Å²) in [6, 6.07) is 12.7. The van der Waals surface area contributed by atoms with Crippen LogP contribution in [-0.4, -0.2) is 65.3 Å². The normalized spacial score (nSPS) is 26.3.